The first kappa shape index (κ1) is 22.4. The van der Waals surface area contributed by atoms with E-state index in [4.69, 9.17) is 5.73 Å². The Morgan fingerprint density at radius 2 is 1.79 bits per heavy atom. The molecule has 0 aliphatic heterocycles. The zero-order valence-corrected chi connectivity index (χ0v) is 15.7. The molecule has 136 valence electrons. The summed E-state index contributed by atoms with van der Waals surface area (Å²) in [6.07, 6.45) is 2.33. The SMILES string of the molecule is CCCNC(=O)c1cccc(CNC(=O)C(CC)(CC)CN)c1.Cl. The van der Waals surface area contributed by atoms with Gasteiger partial charge in [-0.15, -0.1) is 12.4 Å². The van der Waals surface area contributed by atoms with Crippen LogP contribution in [0.15, 0.2) is 24.3 Å². The summed E-state index contributed by atoms with van der Waals surface area (Å²) >= 11 is 0. The summed E-state index contributed by atoms with van der Waals surface area (Å²) in [5, 5.41) is 5.80. The molecular weight excluding hydrogens is 326 g/mol. The summed E-state index contributed by atoms with van der Waals surface area (Å²) in [5.41, 5.74) is 6.81. The molecule has 1 aromatic carbocycles. The van der Waals surface area contributed by atoms with Crippen LogP contribution >= 0.6 is 12.4 Å². The average molecular weight is 356 g/mol. The van der Waals surface area contributed by atoms with Gasteiger partial charge in [-0.25, -0.2) is 0 Å². The van der Waals surface area contributed by atoms with Gasteiger partial charge in [0, 0.05) is 25.2 Å². The number of hydrogen-bond donors (Lipinski definition) is 3. The molecule has 0 saturated heterocycles. The molecule has 0 fully saturated rings. The number of benzene rings is 1. The minimum absolute atomic E-state index is 0. The van der Waals surface area contributed by atoms with E-state index in [1.165, 1.54) is 0 Å². The van der Waals surface area contributed by atoms with E-state index >= 15 is 0 Å². The first-order valence-electron chi connectivity index (χ1n) is 8.38. The van der Waals surface area contributed by atoms with Crippen LogP contribution in [0, 0.1) is 5.41 Å². The Bertz CT molecular complexity index is 522. The predicted molar refractivity (Wildman–Crippen MR) is 100 cm³/mol. The van der Waals surface area contributed by atoms with Gasteiger partial charge in [-0.3, -0.25) is 9.59 Å². The van der Waals surface area contributed by atoms with Crippen molar-refractivity contribution >= 4 is 24.2 Å². The Hall–Kier alpha value is -1.59. The van der Waals surface area contributed by atoms with Gasteiger partial charge in [0.25, 0.3) is 5.91 Å². The number of carbonyl (C=O) groups excluding carboxylic acids is 2. The third-order valence-corrected chi connectivity index (χ3v) is 4.40. The van der Waals surface area contributed by atoms with Crippen molar-refractivity contribution in [1.29, 1.82) is 0 Å². The largest absolute Gasteiger partial charge is 0.352 e. The van der Waals surface area contributed by atoms with Crippen molar-refractivity contribution in [1.82, 2.24) is 10.6 Å². The molecule has 24 heavy (non-hydrogen) atoms. The van der Waals surface area contributed by atoms with Gasteiger partial charge in [0.2, 0.25) is 5.91 Å². The smallest absolute Gasteiger partial charge is 0.251 e. The van der Waals surface area contributed by atoms with E-state index in [2.05, 4.69) is 10.6 Å². The highest BCUT2D eigenvalue weighted by Crippen LogP contribution is 2.25. The van der Waals surface area contributed by atoms with Crippen molar-refractivity contribution in [3.05, 3.63) is 35.4 Å². The van der Waals surface area contributed by atoms with Crippen LogP contribution in [0.1, 0.15) is 56.0 Å². The molecule has 1 rings (SSSR count). The number of hydrogen-bond acceptors (Lipinski definition) is 3. The first-order valence-corrected chi connectivity index (χ1v) is 8.38. The van der Waals surface area contributed by atoms with Gasteiger partial charge in [-0.05, 0) is 37.0 Å². The van der Waals surface area contributed by atoms with Gasteiger partial charge in [0.05, 0.1) is 5.41 Å². The van der Waals surface area contributed by atoms with Gasteiger partial charge >= 0.3 is 0 Å². The zero-order chi connectivity index (χ0) is 17.3. The van der Waals surface area contributed by atoms with Crippen LogP contribution in [0.25, 0.3) is 0 Å². The predicted octanol–water partition coefficient (Wildman–Crippen LogP) is 2.63. The molecule has 4 N–H and O–H groups in total. The number of rotatable bonds is 9. The summed E-state index contributed by atoms with van der Waals surface area (Å²) in [4.78, 5) is 24.4. The molecule has 6 heteroatoms. The summed E-state index contributed by atoms with van der Waals surface area (Å²) in [6.45, 7) is 7.37. The first-order chi connectivity index (χ1) is 11.0. The highest BCUT2D eigenvalue weighted by molar-refractivity contribution is 5.94. The zero-order valence-electron chi connectivity index (χ0n) is 14.9. The number of carbonyl (C=O) groups is 2. The Morgan fingerprint density at radius 1 is 1.12 bits per heavy atom. The van der Waals surface area contributed by atoms with Gasteiger partial charge in [0.1, 0.15) is 0 Å². The maximum Gasteiger partial charge on any atom is 0.251 e. The van der Waals surface area contributed by atoms with E-state index in [1.807, 2.05) is 39.0 Å². The number of amides is 2. The van der Waals surface area contributed by atoms with Crippen LogP contribution in [-0.2, 0) is 11.3 Å². The van der Waals surface area contributed by atoms with Crippen LogP contribution in [-0.4, -0.2) is 24.9 Å². The third kappa shape index (κ3) is 5.80. The molecule has 0 aliphatic carbocycles. The minimum atomic E-state index is -0.504. The van der Waals surface area contributed by atoms with Crippen molar-refractivity contribution in [2.45, 2.75) is 46.6 Å². The molecule has 5 nitrogen and oxygen atoms in total. The van der Waals surface area contributed by atoms with E-state index in [0.29, 0.717) is 38.0 Å². The second kappa shape index (κ2) is 11.0. The van der Waals surface area contributed by atoms with Crippen molar-refractivity contribution in [2.24, 2.45) is 11.1 Å². The molecule has 0 unspecified atom stereocenters. The number of nitrogens with one attached hydrogen (secondary N) is 2. The molecule has 2 amide bonds. The van der Waals surface area contributed by atoms with Crippen molar-refractivity contribution in [3.8, 4) is 0 Å². The van der Waals surface area contributed by atoms with E-state index in [1.54, 1.807) is 6.07 Å². The molecule has 0 aliphatic rings. The van der Waals surface area contributed by atoms with Gasteiger partial charge in [-0.2, -0.15) is 0 Å². The van der Waals surface area contributed by atoms with E-state index in [0.717, 1.165) is 12.0 Å². The summed E-state index contributed by atoms with van der Waals surface area (Å²) in [7, 11) is 0. The molecule has 0 atom stereocenters. The maximum atomic E-state index is 12.4. The van der Waals surface area contributed by atoms with E-state index < -0.39 is 5.41 Å². The van der Waals surface area contributed by atoms with Gasteiger partial charge < -0.3 is 16.4 Å². The number of nitrogens with two attached hydrogens (primary N) is 1. The lowest BCUT2D eigenvalue weighted by molar-refractivity contribution is -0.131. The molecule has 0 radical (unpaired) electrons. The lowest BCUT2D eigenvalue weighted by atomic mass is 9.81. The third-order valence-electron chi connectivity index (χ3n) is 4.40. The van der Waals surface area contributed by atoms with Gasteiger partial charge in [-0.1, -0.05) is 32.9 Å². The molecule has 0 aromatic heterocycles. The molecular formula is C18H30ClN3O2. The standard InChI is InChI=1S/C18H29N3O2.ClH/c1-4-10-20-16(22)15-9-7-8-14(11-15)12-21-17(23)18(5-2,6-3)13-19;/h7-9,11H,4-6,10,12-13,19H2,1-3H3,(H,20,22)(H,21,23);1H. The van der Waals surface area contributed by atoms with Crippen LogP contribution in [0.5, 0.6) is 0 Å². The monoisotopic (exact) mass is 355 g/mol. The Balaban J connectivity index is 0.00000529. The molecule has 0 saturated carbocycles. The fraction of sp³-hybridized carbons (Fsp3) is 0.556. The molecule has 0 bridgehead atoms. The van der Waals surface area contributed by atoms with Crippen molar-refractivity contribution < 1.29 is 9.59 Å². The van der Waals surface area contributed by atoms with Gasteiger partial charge in [0.15, 0.2) is 0 Å². The molecule has 0 heterocycles. The Labute approximate surface area is 151 Å². The molecule has 1 aromatic rings. The highest BCUT2D eigenvalue weighted by Gasteiger charge is 2.32. The Kier molecular flexibility index (Phi) is 10.3. The van der Waals surface area contributed by atoms with Crippen LogP contribution in [0.3, 0.4) is 0 Å². The van der Waals surface area contributed by atoms with Crippen LogP contribution in [0.4, 0.5) is 0 Å². The molecule has 0 spiro atoms. The van der Waals surface area contributed by atoms with Crippen LogP contribution < -0.4 is 16.4 Å². The van der Waals surface area contributed by atoms with E-state index in [9.17, 15) is 9.59 Å². The Morgan fingerprint density at radius 3 is 2.33 bits per heavy atom. The summed E-state index contributed by atoms with van der Waals surface area (Å²) < 4.78 is 0. The summed E-state index contributed by atoms with van der Waals surface area (Å²) in [5.74, 6) is -0.107. The second-order valence-corrected chi connectivity index (χ2v) is 5.83. The fourth-order valence-electron chi connectivity index (χ4n) is 2.49. The van der Waals surface area contributed by atoms with Crippen LogP contribution in [0.2, 0.25) is 0 Å². The second-order valence-electron chi connectivity index (χ2n) is 5.83. The quantitative estimate of drug-likeness (QED) is 0.636. The van der Waals surface area contributed by atoms with Crippen molar-refractivity contribution in [2.75, 3.05) is 13.1 Å². The lowest BCUT2D eigenvalue weighted by Gasteiger charge is -2.28. The summed E-state index contributed by atoms with van der Waals surface area (Å²) in [6, 6.07) is 7.32. The highest BCUT2D eigenvalue weighted by atomic mass is 35.5. The maximum absolute atomic E-state index is 12.4. The normalized spacial score (nSPS) is 10.7. The fourth-order valence-corrected chi connectivity index (χ4v) is 2.49. The minimum Gasteiger partial charge on any atom is -0.352 e. The average Bonchev–Trinajstić information content (AvgIpc) is 2.60. The van der Waals surface area contributed by atoms with Crippen molar-refractivity contribution in [3.63, 3.8) is 0 Å². The number of halogens is 1. The van der Waals surface area contributed by atoms with E-state index in [-0.39, 0.29) is 24.2 Å². The lowest BCUT2D eigenvalue weighted by Crippen LogP contribution is -2.45. The topological polar surface area (TPSA) is 84.2 Å².